The van der Waals surface area contributed by atoms with Gasteiger partial charge in [0.25, 0.3) is 5.91 Å². The fourth-order valence-electron chi connectivity index (χ4n) is 3.02. The number of halogens is 1. The van der Waals surface area contributed by atoms with Gasteiger partial charge in [0.2, 0.25) is 0 Å². The minimum atomic E-state index is -0.297. The average Bonchev–Trinajstić information content (AvgIpc) is 2.68. The van der Waals surface area contributed by atoms with Gasteiger partial charge in [-0.15, -0.1) is 0 Å². The fraction of sp³-hybridized carbons (Fsp3) is 0.450. The van der Waals surface area contributed by atoms with E-state index in [-0.39, 0.29) is 17.8 Å². The molecule has 26 heavy (non-hydrogen) atoms. The topological polar surface area (TPSA) is 58.1 Å². The molecule has 1 saturated heterocycles. The summed E-state index contributed by atoms with van der Waals surface area (Å²) in [6.45, 7) is 5.77. The van der Waals surface area contributed by atoms with E-state index < -0.39 is 0 Å². The fourth-order valence-corrected chi connectivity index (χ4v) is 3.02. The molecule has 138 valence electrons. The molecule has 0 bridgehead atoms. The molecule has 0 radical (unpaired) electrons. The van der Waals surface area contributed by atoms with Crippen molar-refractivity contribution in [3.05, 3.63) is 41.8 Å². The molecule has 2 aromatic rings. The van der Waals surface area contributed by atoms with Crippen molar-refractivity contribution in [1.82, 2.24) is 15.3 Å². The van der Waals surface area contributed by atoms with E-state index in [0.29, 0.717) is 17.2 Å². The number of hydrogen-bond acceptors (Lipinski definition) is 4. The predicted octanol–water partition coefficient (Wildman–Crippen LogP) is 3.80. The van der Waals surface area contributed by atoms with Crippen molar-refractivity contribution in [2.45, 2.75) is 45.6 Å². The quantitative estimate of drug-likeness (QED) is 0.885. The Morgan fingerprint density at radius 1 is 1.23 bits per heavy atom. The Labute approximate surface area is 153 Å². The molecule has 0 saturated carbocycles. The molecule has 1 unspecified atom stereocenters. The molecule has 1 aliphatic heterocycles. The molecule has 2 heterocycles. The molecule has 1 atom stereocenters. The molecular formula is C20H25FN4O. The smallest absolute Gasteiger partial charge is 0.256 e. The number of nitrogens with one attached hydrogen (secondary N) is 1. The summed E-state index contributed by atoms with van der Waals surface area (Å²) in [5, 5.41) is 3.00. The number of carbonyl (C=O) groups excluding carboxylic acids is 1. The molecular weight excluding hydrogens is 331 g/mol. The van der Waals surface area contributed by atoms with Crippen LogP contribution in [0.15, 0.2) is 30.5 Å². The minimum Gasteiger partial charge on any atom is -0.356 e. The number of carbonyl (C=O) groups is 1. The van der Waals surface area contributed by atoms with Crippen molar-refractivity contribution in [2.24, 2.45) is 0 Å². The molecule has 1 fully saturated rings. The van der Waals surface area contributed by atoms with Gasteiger partial charge in [0.15, 0.2) is 5.82 Å². The first-order valence-corrected chi connectivity index (χ1v) is 9.27. The van der Waals surface area contributed by atoms with Crippen LogP contribution in [0.2, 0.25) is 0 Å². The molecule has 1 N–H and O–H groups in total. The van der Waals surface area contributed by atoms with E-state index in [1.807, 2.05) is 13.8 Å². The Morgan fingerprint density at radius 2 is 1.92 bits per heavy atom. The third-order valence-electron chi connectivity index (χ3n) is 4.76. The van der Waals surface area contributed by atoms with Crippen molar-refractivity contribution < 1.29 is 9.18 Å². The number of aromatic nitrogens is 2. The lowest BCUT2D eigenvalue weighted by Gasteiger charge is -2.29. The monoisotopic (exact) mass is 356 g/mol. The van der Waals surface area contributed by atoms with Crippen LogP contribution in [0.3, 0.4) is 0 Å². The maximum atomic E-state index is 13.2. The second-order valence-electron chi connectivity index (χ2n) is 6.77. The van der Waals surface area contributed by atoms with Crippen molar-refractivity contribution in [3.63, 3.8) is 0 Å². The van der Waals surface area contributed by atoms with Gasteiger partial charge in [-0.25, -0.2) is 14.4 Å². The van der Waals surface area contributed by atoms with Gasteiger partial charge >= 0.3 is 0 Å². The molecule has 3 rings (SSSR count). The largest absolute Gasteiger partial charge is 0.356 e. The summed E-state index contributed by atoms with van der Waals surface area (Å²) in [5.74, 6) is 0.727. The lowest BCUT2D eigenvalue weighted by Crippen LogP contribution is -2.36. The van der Waals surface area contributed by atoms with Crippen molar-refractivity contribution in [3.8, 4) is 11.4 Å². The highest BCUT2D eigenvalue weighted by molar-refractivity contribution is 5.99. The summed E-state index contributed by atoms with van der Waals surface area (Å²) in [6.07, 6.45) is 5.82. The summed E-state index contributed by atoms with van der Waals surface area (Å²) in [4.78, 5) is 23.9. The third kappa shape index (κ3) is 4.18. The molecule has 1 amide bonds. The van der Waals surface area contributed by atoms with Crippen molar-refractivity contribution in [1.29, 1.82) is 0 Å². The molecule has 1 aliphatic rings. The zero-order chi connectivity index (χ0) is 18.5. The van der Waals surface area contributed by atoms with E-state index in [2.05, 4.69) is 20.2 Å². The average molecular weight is 356 g/mol. The van der Waals surface area contributed by atoms with Crippen LogP contribution in [0.1, 0.15) is 49.9 Å². The number of benzene rings is 1. The molecule has 0 aliphatic carbocycles. The number of piperidine rings is 1. The first kappa shape index (κ1) is 18.3. The Balaban J connectivity index is 1.97. The van der Waals surface area contributed by atoms with Crippen LogP contribution in [0, 0.1) is 5.82 Å². The van der Waals surface area contributed by atoms with Crippen molar-refractivity contribution >= 4 is 11.7 Å². The van der Waals surface area contributed by atoms with Gasteiger partial charge in [0.1, 0.15) is 17.2 Å². The van der Waals surface area contributed by atoms with Crippen LogP contribution >= 0.6 is 0 Å². The lowest BCUT2D eigenvalue weighted by atomic mass is 10.1. The van der Waals surface area contributed by atoms with Gasteiger partial charge in [-0.05, 0) is 56.9 Å². The Morgan fingerprint density at radius 3 is 2.58 bits per heavy atom. The number of amides is 1. The van der Waals surface area contributed by atoms with Crippen LogP contribution in [0.4, 0.5) is 10.2 Å². The van der Waals surface area contributed by atoms with Gasteiger partial charge in [-0.3, -0.25) is 4.79 Å². The van der Waals surface area contributed by atoms with Crippen molar-refractivity contribution in [2.75, 3.05) is 18.0 Å². The van der Waals surface area contributed by atoms with Gasteiger partial charge in [-0.2, -0.15) is 0 Å². The second-order valence-corrected chi connectivity index (χ2v) is 6.77. The highest BCUT2D eigenvalue weighted by Crippen LogP contribution is 2.25. The highest BCUT2D eigenvalue weighted by Gasteiger charge is 2.22. The summed E-state index contributed by atoms with van der Waals surface area (Å²) < 4.78 is 13.2. The maximum Gasteiger partial charge on any atom is 0.256 e. The summed E-state index contributed by atoms with van der Waals surface area (Å²) in [7, 11) is 0. The van der Waals surface area contributed by atoms with E-state index in [1.165, 1.54) is 18.6 Å². The number of nitrogens with zero attached hydrogens (tertiary/aromatic N) is 3. The van der Waals surface area contributed by atoms with Crippen LogP contribution in [0.25, 0.3) is 11.4 Å². The molecule has 6 heteroatoms. The Hall–Kier alpha value is -2.50. The van der Waals surface area contributed by atoms with Crippen LogP contribution < -0.4 is 10.2 Å². The Bertz CT molecular complexity index is 757. The van der Waals surface area contributed by atoms with Crippen LogP contribution in [-0.4, -0.2) is 35.0 Å². The van der Waals surface area contributed by atoms with E-state index in [9.17, 15) is 9.18 Å². The molecule has 5 nitrogen and oxygen atoms in total. The highest BCUT2D eigenvalue weighted by atomic mass is 19.1. The van der Waals surface area contributed by atoms with Gasteiger partial charge in [0, 0.05) is 30.9 Å². The molecule has 1 aromatic carbocycles. The maximum absolute atomic E-state index is 13.2. The number of anilines is 1. The lowest BCUT2D eigenvalue weighted by molar-refractivity contribution is 0.0939. The van der Waals surface area contributed by atoms with E-state index in [0.717, 1.165) is 37.9 Å². The van der Waals surface area contributed by atoms with E-state index in [4.69, 9.17) is 0 Å². The second kappa shape index (κ2) is 8.25. The van der Waals surface area contributed by atoms with Gasteiger partial charge < -0.3 is 10.2 Å². The normalized spacial score (nSPS) is 15.6. The predicted molar refractivity (Wildman–Crippen MR) is 101 cm³/mol. The van der Waals surface area contributed by atoms with Crippen LogP contribution in [0.5, 0.6) is 0 Å². The third-order valence-corrected chi connectivity index (χ3v) is 4.76. The van der Waals surface area contributed by atoms with E-state index in [1.54, 1.807) is 18.3 Å². The zero-order valence-corrected chi connectivity index (χ0v) is 15.3. The Kier molecular flexibility index (Phi) is 5.81. The summed E-state index contributed by atoms with van der Waals surface area (Å²) >= 11 is 0. The number of hydrogen-bond donors (Lipinski definition) is 1. The minimum absolute atomic E-state index is 0.0912. The van der Waals surface area contributed by atoms with Gasteiger partial charge in [0.05, 0.1) is 0 Å². The SMILES string of the molecule is CCC(C)NC(=O)c1cnc(-c2ccc(F)cc2)nc1N1CCCCC1. The van der Waals surface area contributed by atoms with E-state index >= 15 is 0 Å². The molecule has 0 spiro atoms. The zero-order valence-electron chi connectivity index (χ0n) is 15.3. The first-order chi connectivity index (χ1) is 12.6. The summed E-state index contributed by atoms with van der Waals surface area (Å²) in [5.41, 5.74) is 1.23. The van der Waals surface area contributed by atoms with Gasteiger partial charge in [-0.1, -0.05) is 6.92 Å². The summed E-state index contributed by atoms with van der Waals surface area (Å²) in [6, 6.07) is 6.19. The standard InChI is InChI=1S/C20H25FN4O/c1-3-14(2)23-20(26)17-13-22-18(15-7-9-16(21)10-8-15)24-19(17)25-11-5-4-6-12-25/h7-10,13-14H,3-6,11-12H2,1-2H3,(H,23,26). The van der Waals surface area contributed by atoms with Crippen LogP contribution in [-0.2, 0) is 0 Å². The molecule has 1 aromatic heterocycles. The number of rotatable bonds is 5. The first-order valence-electron chi connectivity index (χ1n) is 9.27.